The molecule has 0 radical (unpaired) electrons. The number of nitrogens with one attached hydrogen (secondary N) is 2. The molecular formula is C20H25N5OS. The fourth-order valence-electron chi connectivity index (χ4n) is 3.52. The van der Waals surface area contributed by atoms with Crippen molar-refractivity contribution in [1.29, 1.82) is 0 Å². The molecule has 1 aliphatic rings. The molecule has 0 saturated carbocycles. The number of hydrogen-bond acceptors (Lipinski definition) is 5. The van der Waals surface area contributed by atoms with Gasteiger partial charge in [0.2, 0.25) is 0 Å². The van der Waals surface area contributed by atoms with Gasteiger partial charge in [-0.3, -0.25) is 4.79 Å². The molecule has 0 aliphatic carbocycles. The lowest BCUT2D eigenvalue weighted by Gasteiger charge is -2.13. The van der Waals surface area contributed by atoms with Crippen LogP contribution in [0.5, 0.6) is 0 Å². The summed E-state index contributed by atoms with van der Waals surface area (Å²) in [4.78, 5) is 20.1. The summed E-state index contributed by atoms with van der Waals surface area (Å²) in [5, 5.41) is 11.8. The van der Waals surface area contributed by atoms with Crippen molar-refractivity contribution in [3.63, 3.8) is 0 Å². The molecule has 2 N–H and O–H groups in total. The van der Waals surface area contributed by atoms with Crippen LogP contribution in [-0.2, 0) is 0 Å². The number of carbonyl (C=O) groups excluding carboxylic acids is 1. The van der Waals surface area contributed by atoms with Gasteiger partial charge in [-0.25, -0.2) is 9.67 Å². The lowest BCUT2D eigenvalue weighted by molar-refractivity contribution is 0.0952. The number of fused-ring (bicyclic) bond motifs is 1. The van der Waals surface area contributed by atoms with Gasteiger partial charge in [0.1, 0.15) is 0 Å². The fourth-order valence-corrected chi connectivity index (χ4v) is 4.35. The molecule has 3 aromatic rings. The van der Waals surface area contributed by atoms with Gasteiger partial charge in [0.15, 0.2) is 5.65 Å². The van der Waals surface area contributed by atoms with Crippen LogP contribution < -0.4 is 10.6 Å². The summed E-state index contributed by atoms with van der Waals surface area (Å²) in [6.07, 6.45) is 4.04. The highest BCUT2D eigenvalue weighted by molar-refractivity contribution is 7.15. The Kier molecular flexibility index (Phi) is 4.97. The van der Waals surface area contributed by atoms with Crippen molar-refractivity contribution < 1.29 is 4.79 Å². The second-order valence-electron chi connectivity index (χ2n) is 7.39. The van der Waals surface area contributed by atoms with E-state index >= 15 is 0 Å². The van der Waals surface area contributed by atoms with Gasteiger partial charge in [-0.05, 0) is 58.4 Å². The maximum atomic E-state index is 13.0. The van der Waals surface area contributed by atoms with E-state index in [0.717, 1.165) is 34.6 Å². The van der Waals surface area contributed by atoms with E-state index in [-0.39, 0.29) is 11.9 Å². The highest BCUT2D eigenvalue weighted by Crippen LogP contribution is 2.30. The maximum Gasteiger partial charge on any atom is 0.252 e. The van der Waals surface area contributed by atoms with Crippen LogP contribution in [0.25, 0.3) is 21.6 Å². The van der Waals surface area contributed by atoms with E-state index in [0.29, 0.717) is 18.2 Å². The molecule has 27 heavy (non-hydrogen) atoms. The molecule has 1 amide bonds. The van der Waals surface area contributed by atoms with Gasteiger partial charge >= 0.3 is 0 Å². The van der Waals surface area contributed by atoms with Crippen molar-refractivity contribution in [3.05, 3.63) is 34.8 Å². The quantitative estimate of drug-likeness (QED) is 0.707. The van der Waals surface area contributed by atoms with Crippen molar-refractivity contribution in [3.8, 4) is 10.6 Å². The zero-order chi connectivity index (χ0) is 19.0. The monoisotopic (exact) mass is 383 g/mol. The maximum absolute atomic E-state index is 13.0. The Hall–Kier alpha value is -2.25. The number of carbonyl (C=O) groups is 1. The Labute approximate surface area is 163 Å². The molecule has 1 atom stereocenters. The summed E-state index contributed by atoms with van der Waals surface area (Å²) in [6, 6.07) is 6.58. The molecule has 4 heterocycles. The summed E-state index contributed by atoms with van der Waals surface area (Å²) in [5.74, 6) is -0.0612. The summed E-state index contributed by atoms with van der Waals surface area (Å²) >= 11 is 1.69. The zero-order valence-corrected chi connectivity index (χ0v) is 16.8. The average Bonchev–Trinajstić information content (AvgIpc) is 3.38. The van der Waals surface area contributed by atoms with Crippen LogP contribution in [0.1, 0.15) is 48.0 Å². The Morgan fingerprint density at radius 2 is 2.30 bits per heavy atom. The third-order valence-corrected chi connectivity index (χ3v) is 5.99. The molecule has 0 aromatic carbocycles. The predicted molar refractivity (Wildman–Crippen MR) is 109 cm³/mol. The van der Waals surface area contributed by atoms with Crippen molar-refractivity contribution in [2.75, 3.05) is 13.1 Å². The van der Waals surface area contributed by atoms with Crippen LogP contribution >= 0.6 is 11.3 Å². The molecule has 0 bridgehead atoms. The molecule has 1 fully saturated rings. The first-order valence-corrected chi connectivity index (χ1v) is 10.3. The topological polar surface area (TPSA) is 71.8 Å². The molecular weight excluding hydrogens is 358 g/mol. The van der Waals surface area contributed by atoms with Gasteiger partial charge in [-0.1, -0.05) is 0 Å². The van der Waals surface area contributed by atoms with Crippen molar-refractivity contribution in [2.24, 2.45) is 0 Å². The number of hydrogen-bond donors (Lipinski definition) is 2. The van der Waals surface area contributed by atoms with E-state index in [9.17, 15) is 4.79 Å². The number of aromatic nitrogens is 3. The van der Waals surface area contributed by atoms with Crippen molar-refractivity contribution >= 4 is 28.3 Å². The molecule has 0 spiro atoms. The third-order valence-electron chi connectivity index (χ3n) is 4.96. The largest absolute Gasteiger partial charge is 0.350 e. The second-order valence-corrected chi connectivity index (χ2v) is 8.68. The first kappa shape index (κ1) is 18.1. The Morgan fingerprint density at radius 3 is 2.96 bits per heavy atom. The van der Waals surface area contributed by atoms with Gasteiger partial charge in [-0.2, -0.15) is 5.10 Å². The highest BCUT2D eigenvalue weighted by Gasteiger charge is 2.20. The smallest absolute Gasteiger partial charge is 0.252 e. The minimum atomic E-state index is -0.0612. The first-order valence-electron chi connectivity index (χ1n) is 9.49. The third kappa shape index (κ3) is 3.61. The van der Waals surface area contributed by atoms with Gasteiger partial charge in [-0.15, -0.1) is 11.3 Å². The molecule has 4 rings (SSSR count). The molecule has 142 valence electrons. The second kappa shape index (κ2) is 7.40. The Bertz CT molecular complexity index is 968. The van der Waals surface area contributed by atoms with E-state index < -0.39 is 0 Å². The van der Waals surface area contributed by atoms with Crippen LogP contribution in [-0.4, -0.2) is 39.8 Å². The Morgan fingerprint density at radius 1 is 1.44 bits per heavy atom. The summed E-state index contributed by atoms with van der Waals surface area (Å²) < 4.78 is 1.88. The molecule has 1 saturated heterocycles. The van der Waals surface area contributed by atoms with Crippen LogP contribution in [0.4, 0.5) is 0 Å². The predicted octanol–water partition coefficient (Wildman–Crippen LogP) is 3.53. The Balaban J connectivity index is 1.74. The van der Waals surface area contributed by atoms with Crippen LogP contribution in [0.15, 0.2) is 24.4 Å². The molecule has 6 nitrogen and oxygen atoms in total. The van der Waals surface area contributed by atoms with E-state index in [1.54, 1.807) is 17.5 Å². The summed E-state index contributed by atoms with van der Waals surface area (Å²) in [5.41, 5.74) is 2.23. The van der Waals surface area contributed by atoms with Gasteiger partial charge in [0, 0.05) is 23.5 Å². The zero-order valence-electron chi connectivity index (χ0n) is 16.0. The SMILES string of the molecule is Cc1ccc(-c2cc(C(=O)NCC3CCCN3)c3cnn(C(C)C)c3n2)s1. The number of aryl methyl sites for hydroxylation is 1. The van der Waals surface area contributed by atoms with Crippen molar-refractivity contribution in [2.45, 2.75) is 45.7 Å². The molecule has 7 heteroatoms. The average molecular weight is 384 g/mol. The van der Waals surface area contributed by atoms with Crippen LogP contribution in [0, 0.1) is 6.92 Å². The minimum absolute atomic E-state index is 0.0612. The number of thiophene rings is 1. The first-order chi connectivity index (χ1) is 13.0. The minimum Gasteiger partial charge on any atom is -0.350 e. The number of amides is 1. The molecule has 3 aromatic heterocycles. The van der Waals surface area contributed by atoms with Crippen LogP contribution in [0.2, 0.25) is 0 Å². The highest BCUT2D eigenvalue weighted by atomic mass is 32.1. The number of rotatable bonds is 5. The summed E-state index contributed by atoms with van der Waals surface area (Å²) in [7, 11) is 0. The van der Waals surface area contributed by atoms with Gasteiger partial charge in [0.25, 0.3) is 5.91 Å². The van der Waals surface area contributed by atoms with E-state index in [2.05, 4.69) is 48.6 Å². The lowest BCUT2D eigenvalue weighted by atomic mass is 10.1. The normalized spacial score (nSPS) is 17.1. The number of pyridine rings is 1. The van der Waals surface area contributed by atoms with Crippen LogP contribution in [0.3, 0.4) is 0 Å². The molecule has 1 aliphatic heterocycles. The summed E-state index contributed by atoms with van der Waals surface area (Å²) in [6.45, 7) is 7.90. The van der Waals surface area contributed by atoms with Crippen molar-refractivity contribution in [1.82, 2.24) is 25.4 Å². The van der Waals surface area contributed by atoms with Gasteiger partial charge < -0.3 is 10.6 Å². The fraction of sp³-hybridized carbons (Fsp3) is 0.450. The lowest BCUT2D eigenvalue weighted by Crippen LogP contribution is -2.37. The van der Waals surface area contributed by atoms with Gasteiger partial charge in [0.05, 0.1) is 27.7 Å². The number of nitrogens with zero attached hydrogens (tertiary/aromatic N) is 3. The molecule has 1 unspecified atom stereocenters. The van der Waals surface area contributed by atoms with E-state index in [4.69, 9.17) is 4.98 Å². The van der Waals surface area contributed by atoms with E-state index in [1.165, 1.54) is 11.3 Å². The standard InChI is InChI=1S/C20H25N5OS/c1-12(2)25-19-16(11-23-25)15(20(26)22-10-14-5-4-8-21-14)9-17(24-19)18-7-6-13(3)27-18/h6-7,9,11-12,14,21H,4-5,8,10H2,1-3H3,(H,22,26). The van der Waals surface area contributed by atoms with E-state index in [1.807, 2.05) is 10.7 Å².